The summed E-state index contributed by atoms with van der Waals surface area (Å²) in [6, 6.07) is 8.82. The molecule has 1 amide bonds. The van der Waals surface area contributed by atoms with Crippen molar-refractivity contribution in [1.82, 2.24) is 15.0 Å². The second-order valence-electron chi connectivity index (χ2n) is 7.26. The fourth-order valence-corrected chi connectivity index (χ4v) is 3.55. The van der Waals surface area contributed by atoms with Gasteiger partial charge in [-0.25, -0.2) is 0 Å². The number of halogens is 1. The second-order valence-corrected chi connectivity index (χ2v) is 8.17. The highest BCUT2D eigenvalue weighted by atomic mass is 79.9. The lowest BCUT2D eigenvalue weighted by atomic mass is 9.73. The van der Waals surface area contributed by atoms with E-state index in [9.17, 15) is 4.79 Å². The molecule has 1 fully saturated rings. The minimum atomic E-state index is -0.344. The Hall–Kier alpha value is -1.89. The Morgan fingerprint density at radius 3 is 2.35 bits per heavy atom. The summed E-state index contributed by atoms with van der Waals surface area (Å²) in [6.45, 7) is 10.9. The number of hydrogen-bond donors (Lipinski definition) is 0. The molecule has 26 heavy (non-hydrogen) atoms. The summed E-state index contributed by atoms with van der Waals surface area (Å²) in [7, 11) is 0. The number of amides is 1. The molecule has 1 aromatic carbocycles. The van der Waals surface area contributed by atoms with Crippen LogP contribution < -0.4 is 4.90 Å². The fraction of sp³-hybridized carbons (Fsp3) is 0.526. The van der Waals surface area contributed by atoms with Gasteiger partial charge in [0.2, 0.25) is 5.91 Å². The zero-order valence-electron chi connectivity index (χ0n) is 15.7. The van der Waals surface area contributed by atoms with Gasteiger partial charge in [0.05, 0.1) is 5.41 Å². The van der Waals surface area contributed by atoms with Crippen LogP contribution in [-0.2, 0) is 10.2 Å². The van der Waals surface area contributed by atoms with Crippen LogP contribution in [-0.4, -0.2) is 47.1 Å². The molecule has 1 saturated heterocycles. The number of aromatic nitrogens is 2. The van der Waals surface area contributed by atoms with Gasteiger partial charge >= 0.3 is 6.01 Å². The Balaban J connectivity index is 1.85. The van der Waals surface area contributed by atoms with Crippen molar-refractivity contribution in [3.05, 3.63) is 40.1 Å². The van der Waals surface area contributed by atoms with Gasteiger partial charge in [0.15, 0.2) is 5.82 Å². The van der Waals surface area contributed by atoms with Crippen molar-refractivity contribution in [2.24, 2.45) is 5.92 Å². The van der Waals surface area contributed by atoms with Crippen LogP contribution in [0.1, 0.15) is 39.1 Å². The maximum atomic E-state index is 11.5. The predicted octanol–water partition coefficient (Wildman–Crippen LogP) is 3.46. The van der Waals surface area contributed by atoms with Crippen molar-refractivity contribution < 1.29 is 9.32 Å². The number of rotatable bonds is 4. The van der Waals surface area contributed by atoms with E-state index in [1.165, 1.54) is 0 Å². The smallest absolute Gasteiger partial charge is 0.324 e. The average molecular weight is 421 g/mol. The van der Waals surface area contributed by atoms with Gasteiger partial charge in [0.25, 0.3) is 0 Å². The van der Waals surface area contributed by atoms with E-state index in [0.29, 0.717) is 43.9 Å². The molecular weight excluding hydrogens is 396 g/mol. The quantitative estimate of drug-likeness (QED) is 0.757. The third-order valence-electron chi connectivity index (χ3n) is 5.47. The molecule has 140 valence electrons. The van der Waals surface area contributed by atoms with E-state index in [4.69, 9.17) is 9.51 Å². The zero-order valence-corrected chi connectivity index (χ0v) is 17.3. The van der Waals surface area contributed by atoms with E-state index in [2.05, 4.69) is 58.9 Å². The Kier molecular flexibility index (Phi) is 5.37. The van der Waals surface area contributed by atoms with Crippen molar-refractivity contribution in [3.63, 3.8) is 0 Å². The van der Waals surface area contributed by atoms with Crippen molar-refractivity contribution >= 4 is 27.9 Å². The summed E-state index contributed by atoms with van der Waals surface area (Å²) in [5.74, 6) is 1.10. The Morgan fingerprint density at radius 2 is 1.81 bits per heavy atom. The first-order valence-corrected chi connectivity index (χ1v) is 9.72. The SMILES string of the molecule is CC(=O)N1CCN(c2nc(C(C)(c3ccc(Br)cc3)C(C)C)no2)CC1. The van der Waals surface area contributed by atoms with Crippen LogP contribution in [0, 0.1) is 5.92 Å². The number of benzene rings is 1. The molecule has 6 nitrogen and oxygen atoms in total. The number of hydrogen-bond acceptors (Lipinski definition) is 5. The molecule has 0 bridgehead atoms. The van der Waals surface area contributed by atoms with Gasteiger partial charge in [0, 0.05) is 37.6 Å². The van der Waals surface area contributed by atoms with Gasteiger partial charge in [-0.05, 0) is 30.5 Å². The Morgan fingerprint density at radius 1 is 1.19 bits per heavy atom. The first-order valence-electron chi connectivity index (χ1n) is 8.93. The molecule has 0 radical (unpaired) electrons. The van der Waals surface area contributed by atoms with Crippen LogP contribution >= 0.6 is 15.9 Å². The molecule has 2 heterocycles. The third kappa shape index (κ3) is 3.49. The molecule has 1 aliphatic rings. The van der Waals surface area contributed by atoms with E-state index in [1.807, 2.05) is 17.0 Å². The van der Waals surface area contributed by atoms with Crippen LogP contribution in [0.3, 0.4) is 0 Å². The summed E-state index contributed by atoms with van der Waals surface area (Å²) in [6.07, 6.45) is 0. The molecular formula is C19H25BrN4O2. The lowest BCUT2D eigenvalue weighted by molar-refractivity contribution is -0.129. The van der Waals surface area contributed by atoms with Crippen molar-refractivity contribution in [3.8, 4) is 0 Å². The molecule has 2 aromatic rings. The number of nitrogens with zero attached hydrogens (tertiary/aromatic N) is 4. The fourth-order valence-electron chi connectivity index (χ4n) is 3.28. The van der Waals surface area contributed by atoms with Gasteiger partial charge in [-0.3, -0.25) is 4.79 Å². The molecule has 1 unspecified atom stereocenters. The first kappa shape index (κ1) is 18.9. The lowest BCUT2D eigenvalue weighted by Gasteiger charge is -2.33. The molecule has 0 aliphatic carbocycles. The number of anilines is 1. The maximum absolute atomic E-state index is 11.5. The summed E-state index contributed by atoms with van der Waals surface area (Å²) in [5, 5.41) is 4.32. The maximum Gasteiger partial charge on any atom is 0.324 e. The first-order chi connectivity index (χ1) is 12.3. The molecule has 0 saturated carbocycles. The van der Waals surface area contributed by atoms with Crippen LogP contribution in [0.4, 0.5) is 6.01 Å². The molecule has 1 aliphatic heterocycles. The van der Waals surface area contributed by atoms with Crippen molar-refractivity contribution in [1.29, 1.82) is 0 Å². The standard InChI is InChI=1S/C19H25BrN4O2/c1-13(2)19(4,15-5-7-16(20)8-6-15)17-21-18(26-22-17)24-11-9-23(10-12-24)14(3)25/h5-8,13H,9-12H2,1-4H3. The van der Waals surface area contributed by atoms with Gasteiger partial charge in [-0.2, -0.15) is 4.98 Å². The second kappa shape index (κ2) is 7.39. The van der Waals surface area contributed by atoms with Crippen LogP contribution in [0.15, 0.2) is 33.3 Å². The van der Waals surface area contributed by atoms with E-state index >= 15 is 0 Å². The van der Waals surface area contributed by atoms with Crippen molar-refractivity contribution in [2.45, 2.75) is 33.1 Å². The summed E-state index contributed by atoms with van der Waals surface area (Å²) in [4.78, 5) is 20.1. The monoisotopic (exact) mass is 420 g/mol. The molecule has 3 rings (SSSR count). The molecule has 0 N–H and O–H groups in total. The summed E-state index contributed by atoms with van der Waals surface area (Å²) >= 11 is 3.49. The van der Waals surface area contributed by atoms with Crippen LogP contribution in [0.5, 0.6) is 0 Å². The molecule has 1 aromatic heterocycles. The van der Waals surface area contributed by atoms with E-state index in [0.717, 1.165) is 10.0 Å². The highest BCUT2D eigenvalue weighted by Gasteiger charge is 2.38. The minimum Gasteiger partial charge on any atom is -0.339 e. The topological polar surface area (TPSA) is 62.5 Å². The normalized spacial score (nSPS) is 17.5. The largest absolute Gasteiger partial charge is 0.339 e. The summed E-state index contributed by atoms with van der Waals surface area (Å²) < 4.78 is 6.64. The molecule has 7 heteroatoms. The van der Waals surface area contributed by atoms with Crippen LogP contribution in [0.25, 0.3) is 0 Å². The Bertz CT molecular complexity index is 766. The van der Waals surface area contributed by atoms with Gasteiger partial charge in [-0.15, -0.1) is 0 Å². The number of carbonyl (C=O) groups is 1. The average Bonchev–Trinajstić information content (AvgIpc) is 3.12. The Labute approximate surface area is 162 Å². The van der Waals surface area contributed by atoms with Gasteiger partial charge in [-0.1, -0.05) is 47.1 Å². The molecule has 1 atom stereocenters. The van der Waals surface area contributed by atoms with Gasteiger partial charge in [0.1, 0.15) is 0 Å². The van der Waals surface area contributed by atoms with Crippen molar-refractivity contribution in [2.75, 3.05) is 31.1 Å². The van der Waals surface area contributed by atoms with Crippen LogP contribution in [0.2, 0.25) is 0 Å². The predicted molar refractivity (Wildman–Crippen MR) is 104 cm³/mol. The molecule has 0 spiro atoms. The minimum absolute atomic E-state index is 0.110. The third-order valence-corrected chi connectivity index (χ3v) is 6.00. The number of carbonyl (C=O) groups excluding carboxylic acids is 1. The highest BCUT2D eigenvalue weighted by Crippen LogP contribution is 2.38. The number of piperazine rings is 1. The lowest BCUT2D eigenvalue weighted by Crippen LogP contribution is -2.48. The zero-order chi connectivity index (χ0) is 18.9. The van der Waals surface area contributed by atoms with E-state index in [1.54, 1.807) is 6.92 Å². The highest BCUT2D eigenvalue weighted by molar-refractivity contribution is 9.10. The van der Waals surface area contributed by atoms with Gasteiger partial charge < -0.3 is 14.3 Å². The van der Waals surface area contributed by atoms with E-state index < -0.39 is 0 Å². The van der Waals surface area contributed by atoms with E-state index in [-0.39, 0.29) is 11.3 Å². The summed E-state index contributed by atoms with van der Waals surface area (Å²) in [5.41, 5.74) is 0.813.